The van der Waals surface area contributed by atoms with E-state index in [0.717, 1.165) is 25.0 Å². The molecular formula is C18H34N2O4S. The summed E-state index contributed by atoms with van der Waals surface area (Å²) in [7, 11) is 0. The normalized spacial score (nSPS) is 19.3. The van der Waals surface area contributed by atoms with Crippen molar-refractivity contribution in [2.45, 2.75) is 71.6 Å². The molecule has 1 rings (SSSR count). The monoisotopic (exact) mass is 374 g/mol. The summed E-state index contributed by atoms with van der Waals surface area (Å²) in [5.74, 6) is 1.52. The highest BCUT2D eigenvalue weighted by Gasteiger charge is 2.28. The fraction of sp³-hybridized carbons (Fsp3) is 0.889. The molecule has 1 aliphatic rings. The third kappa shape index (κ3) is 9.35. The Bertz CT molecular complexity index is 437. The minimum atomic E-state index is -0.830. The molecule has 2 atom stereocenters. The van der Waals surface area contributed by atoms with Gasteiger partial charge >= 0.3 is 12.1 Å². The molecule has 1 heterocycles. The van der Waals surface area contributed by atoms with Crippen LogP contribution in [0, 0.1) is 5.92 Å². The van der Waals surface area contributed by atoms with Crippen molar-refractivity contribution in [2.75, 3.05) is 24.6 Å². The number of carbonyl (C=O) groups excluding carboxylic acids is 1. The summed E-state index contributed by atoms with van der Waals surface area (Å²) in [6.07, 6.45) is 2.02. The van der Waals surface area contributed by atoms with E-state index in [-0.39, 0.29) is 18.1 Å². The van der Waals surface area contributed by atoms with Crippen LogP contribution in [0.25, 0.3) is 0 Å². The summed E-state index contributed by atoms with van der Waals surface area (Å²) in [5, 5.41) is 12.8. The van der Waals surface area contributed by atoms with Crippen LogP contribution in [0.2, 0.25) is 0 Å². The zero-order valence-corrected chi connectivity index (χ0v) is 17.0. The Morgan fingerprint density at radius 3 is 2.60 bits per heavy atom. The van der Waals surface area contributed by atoms with E-state index in [1.807, 2.05) is 20.8 Å². The van der Waals surface area contributed by atoms with Crippen LogP contribution in [0.3, 0.4) is 0 Å². The fourth-order valence-corrected chi connectivity index (χ4v) is 3.92. The van der Waals surface area contributed by atoms with E-state index in [0.29, 0.717) is 24.8 Å². The van der Waals surface area contributed by atoms with E-state index in [2.05, 4.69) is 19.2 Å². The number of hydrogen-bond donors (Lipinski definition) is 2. The van der Waals surface area contributed by atoms with Crippen LogP contribution < -0.4 is 5.32 Å². The van der Waals surface area contributed by atoms with Gasteiger partial charge in [0.25, 0.3) is 0 Å². The van der Waals surface area contributed by atoms with E-state index in [1.165, 1.54) is 4.90 Å². The first-order valence-corrected chi connectivity index (χ1v) is 10.3. The van der Waals surface area contributed by atoms with Gasteiger partial charge in [0.1, 0.15) is 5.60 Å². The van der Waals surface area contributed by atoms with Crippen LogP contribution in [-0.2, 0) is 9.53 Å². The van der Waals surface area contributed by atoms with Crippen molar-refractivity contribution in [1.29, 1.82) is 0 Å². The topological polar surface area (TPSA) is 78.9 Å². The van der Waals surface area contributed by atoms with Gasteiger partial charge < -0.3 is 20.1 Å². The van der Waals surface area contributed by atoms with Crippen molar-refractivity contribution in [3.05, 3.63) is 0 Å². The van der Waals surface area contributed by atoms with Gasteiger partial charge in [-0.05, 0) is 46.0 Å². The van der Waals surface area contributed by atoms with Gasteiger partial charge in [-0.25, -0.2) is 4.79 Å². The quantitative estimate of drug-likeness (QED) is 0.603. The molecule has 0 aromatic rings. The first-order valence-electron chi connectivity index (χ1n) is 9.11. The highest BCUT2D eigenvalue weighted by molar-refractivity contribution is 7.99. The number of carbonyl (C=O) groups is 2. The maximum atomic E-state index is 11.8. The average Bonchev–Trinajstić information content (AvgIpc) is 2.90. The summed E-state index contributed by atoms with van der Waals surface area (Å²) in [6, 6.07) is 0.326. The number of likely N-dealkylation sites (tertiary alicyclic amines) is 1. The first kappa shape index (κ1) is 22.1. The lowest BCUT2D eigenvalue weighted by Gasteiger charge is -2.26. The minimum absolute atomic E-state index is 0.0584. The second-order valence-corrected chi connectivity index (χ2v) is 9.14. The van der Waals surface area contributed by atoms with E-state index < -0.39 is 11.7 Å². The fourth-order valence-electron chi connectivity index (χ4n) is 3.04. The summed E-state index contributed by atoms with van der Waals surface area (Å²) in [4.78, 5) is 24.6. The standard InChI is InChI=1S/C18H34N2O4S/c1-13(2)9-14(11-25-12-16(21)24-18(3,4)5)19-10-15-7-6-8-20(15)17(22)23/h13-15,19H,6-12H2,1-5H3,(H,22,23). The van der Waals surface area contributed by atoms with Gasteiger partial charge in [0, 0.05) is 30.9 Å². The molecule has 0 aromatic heterocycles. The van der Waals surface area contributed by atoms with Crippen LogP contribution in [-0.4, -0.2) is 64.3 Å². The van der Waals surface area contributed by atoms with E-state index in [1.54, 1.807) is 11.8 Å². The smallest absolute Gasteiger partial charge is 0.407 e. The number of ether oxygens (including phenoxy) is 1. The van der Waals surface area contributed by atoms with Crippen LogP contribution in [0.5, 0.6) is 0 Å². The van der Waals surface area contributed by atoms with Gasteiger partial charge in [-0.15, -0.1) is 11.8 Å². The Labute approximate surface area is 156 Å². The lowest BCUT2D eigenvalue weighted by molar-refractivity contribution is -0.151. The molecular weight excluding hydrogens is 340 g/mol. The highest BCUT2D eigenvalue weighted by Crippen LogP contribution is 2.18. The van der Waals surface area contributed by atoms with Gasteiger partial charge in [0.2, 0.25) is 0 Å². The molecule has 1 amide bonds. The zero-order chi connectivity index (χ0) is 19.0. The molecule has 2 N–H and O–H groups in total. The molecule has 1 saturated heterocycles. The van der Waals surface area contributed by atoms with Crippen LogP contribution in [0.1, 0.15) is 53.9 Å². The second kappa shape index (κ2) is 10.3. The van der Waals surface area contributed by atoms with Crippen LogP contribution in [0.4, 0.5) is 4.79 Å². The van der Waals surface area contributed by atoms with E-state index in [4.69, 9.17) is 4.74 Å². The Morgan fingerprint density at radius 1 is 1.36 bits per heavy atom. The number of esters is 1. The van der Waals surface area contributed by atoms with Gasteiger partial charge in [-0.3, -0.25) is 4.79 Å². The first-order chi connectivity index (χ1) is 11.6. The van der Waals surface area contributed by atoms with Crippen molar-refractivity contribution in [3.8, 4) is 0 Å². The molecule has 146 valence electrons. The van der Waals surface area contributed by atoms with Gasteiger partial charge in [0.05, 0.1) is 5.75 Å². The molecule has 0 radical (unpaired) electrons. The lowest BCUT2D eigenvalue weighted by atomic mass is 10.0. The van der Waals surface area contributed by atoms with E-state index >= 15 is 0 Å². The maximum absolute atomic E-state index is 11.8. The SMILES string of the molecule is CC(C)CC(CSCC(=O)OC(C)(C)C)NCC1CCCN1C(=O)O. The molecule has 0 bridgehead atoms. The molecule has 1 fully saturated rings. The predicted octanol–water partition coefficient (Wildman–Crippen LogP) is 3.21. The van der Waals surface area contributed by atoms with Crippen molar-refractivity contribution < 1.29 is 19.4 Å². The van der Waals surface area contributed by atoms with E-state index in [9.17, 15) is 14.7 Å². The lowest BCUT2D eigenvalue weighted by Crippen LogP contribution is -2.45. The Hall–Kier alpha value is -0.950. The molecule has 7 heteroatoms. The average molecular weight is 375 g/mol. The maximum Gasteiger partial charge on any atom is 0.407 e. The number of nitrogens with zero attached hydrogens (tertiary/aromatic N) is 1. The van der Waals surface area contributed by atoms with Crippen LogP contribution >= 0.6 is 11.8 Å². The molecule has 0 saturated carbocycles. The second-order valence-electron chi connectivity index (χ2n) is 8.11. The number of hydrogen-bond acceptors (Lipinski definition) is 5. The number of carboxylic acid groups (broad SMARTS) is 1. The van der Waals surface area contributed by atoms with Crippen LogP contribution in [0.15, 0.2) is 0 Å². The summed E-state index contributed by atoms with van der Waals surface area (Å²) in [6.45, 7) is 11.3. The summed E-state index contributed by atoms with van der Waals surface area (Å²) >= 11 is 1.57. The molecule has 6 nitrogen and oxygen atoms in total. The highest BCUT2D eigenvalue weighted by atomic mass is 32.2. The largest absolute Gasteiger partial charge is 0.465 e. The zero-order valence-electron chi connectivity index (χ0n) is 16.2. The third-order valence-corrected chi connectivity index (χ3v) is 5.06. The Balaban J connectivity index is 2.41. The summed E-state index contributed by atoms with van der Waals surface area (Å²) in [5.41, 5.74) is -0.448. The van der Waals surface area contributed by atoms with Gasteiger partial charge in [-0.1, -0.05) is 13.8 Å². The molecule has 25 heavy (non-hydrogen) atoms. The van der Waals surface area contributed by atoms with Gasteiger partial charge in [0.15, 0.2) is 0 Å². The third-order valence-electron chi connectivity index (χ3n) is 3.98. The van der Waals surface area contributed by atoms with Crippen molar-refractivity contribution in [1.82, 2.24) is 10.2 Å². The molecule has 0 aliphatic carbocycles. The molecule has 2 unspecified atom stereocenters. The molecule has 0 aromatic carbocycles. The van der Waals surface area contributed by atoms with Gasteiger partial charge in [-0.2, -0.15) is 0 Å². The number of rotatable bonds is 9. The van der Waals surface area contributed by atoms with Crippen molar-refractivity contribution >= 4 is 23.8 Å². The minimum Gasteiger partial charge on any atom is -0.465 e. The molecule has 1 aliphatic heterocycles. The van der Waals surface area contributed by atoms with Crippen molar-refractivity contribution in [2.24, 2.45) is 5.92 Å². The Kier molecular flexibility index (Phi) is 9.07. The Morgan fingerprint density at radius 2 is 2.04 bits per heavy atom. The predicted molar refractivity (Wildman–Crippen MR) is 102 cm³/mol. The molecule has 0 spiro atoms. The van der Waals surface area contributed by atoms with Crippen molar-refractivity contribution in [3.63, 3.8) is 0 Å². The number of amides is 1. The summed E-state index contributed by atoms with van der Waals surface area (Å²) < 4.78 is 5.33. The number of thioether (sulfide) groups is 1. The number of nitrogens with one attached hydrogen (secondary N) is 1.